The van der Waals surface area contributed by atoms with Gasteiger partial charge in [0.2, 0.25) is 23.3 Å². The number of benzene rings is 4. The molecule has 0 bridgehead atoms. The van der Waals surface area contributed by atoms with Crippen molar-refractivity contribution in [3.63, 3.8) is 0 Å². The Morgan fingerprint density at radius 1 is 0.750 bits per heavy atom. The first-order valence-corrected chi connectivity index (χ1v) is 20.4. The average molecular weight is 812 g/mol. The quantitative estimate of drug-likeness (QED) is 0.111. The molecule has 5 amide bonds. The van der Waals surface area contributed by atoms with Gasteiger partial charge in [0.1, 0.15) is 18.1 Å². The number of H-pyrrole nitrogens is 1. The van der Waals surface area contributed by atoms with Gasteiger partial charge in [-0.05, 0) is 87.3 Å². The first kappa shape index (κ1) is 41.7. The van der Waals surface area contributed by atoms with E-state index in [2.05, 4.69) is 15.6 Å². The lowest BCUT2D eigenvalue weighted by Crippen LogP contribution is -2.59. The van der Waals surface area contributed by atoms with Crippen molar-refractivity contribution in [2.45, 2.75) is 70.2 Å². The first-order chi connectivity index (χ1) is 28.7. The number of carbonyl (C=O) groups excluding carboxylic acids is 5. The van der Waals surface area contributed by atoms with Crippen molar-refractivity contribution in [1.29, 1.82) is 0 Å². The highest BCUT2D eigenvalue weighted by Gasteiger charge is 2.57. The molecule has 2 unspecified atom stereocenters. The molecule has 5 aromatic rings. The minimum Gasteiger partial charge on any atom is -0.427 e. The van der Waals surface area contributed by atoms with E-state index >= 15 is 0 Å². The summed E-state index contributed by atoms with van der Waals surface area (Å²) in [5.41, 5.74) is 8.05. The van der Waals surface area contributed by atoms with Gasteiger partial charge in [0.25, 0.3) is 5.91 Å². The monoisotopic (exact) mass is 811 g/mol. The number of likely N-dealkylation sites (N-methyl/N-ethyl adjacent to an activating group) is 1. The van der Waals surface area contributed by atoms with Crippen molar-refractivity contribution < 1.29 is 28.7 Å². The Labute approximate surface area is 350 Å². The Hall–Kier alpha value is -6.47. The highest BCUT2D eigenvalue weighted by atomic mass is 16.6. The van der Waals surface area contributed by atoms with Gasteiger partial charge in [-0.25, -0.2) is 4.79 Å². The van der Waals surface area contributed by atoms with Gasteiger partial charge < -0.3 is 35.9 Å². The fraction of sp³-hybridized carbons (Fsp3) is 0.340. The van der Waals surface area contributed by atoms with Crippen molar-refractivity contribution in [2.24, 2.45) is 11.1 Å². The van der Waals surface area contributed by atoms with Gasteiger partial charge in [0.05, 0.1) is 0 Å². The van der Waals surface area contributed by atoms with E-state index in [1.807, 2.05) is 91.8 Å². The van der Waals surface area contributed by atoms with Crippen LogP contribution in [0.3, 0.4) is 0 Å². The number of anilines is 2. The number of carbonyl (C=O) groups is 5. The maximum atomic E-state index is 14.5. The fourth-order valence-electron chi connectivity index (χ4n) is 8.75. The lowest BCUT2D eigenvalue weighted by molar-refractivity contribution is -0.168. The molecule has 5 N–H and O–H groups in total. The number of fused-ring (bicyclic) bond motifs is 1. The van der Waals surface area contributed by atoms with Gasteiger partial charge in [-0.15, -0.1) is 0 Å². The molecule has 312 valence electrons. The number of nitrogens with one attached hydrogen (secondary N) is 3. The summed E-state index contributed by atoms with van der Waals surface area (Å²) in [6, 6.07) is 31.6. The molecule has 13 heteroatoms. The lowest BCUT2D eigenvalue weighted by atomic mass is 9.70. The van der Waals surface area contributed by atoms with Crippen LogP contribution in [-0.4, -0.2) is 88.7 Å². The minimum absolute atomic E-state index is 0.0890. The van der Waals surface area contributed by atoms with Gasteiger partial charge in [-0.1, -0.05) is 93.6 Å². The molecule has 60 heavy (non-hydrogen) atoms. The summed E-state index contributed by atoms with van der Waals surface area (Å²) in [6.45, 7) is 6.26. The zero-order valence-corrected chi connectivity index (χ0v) is 34.7. The summed E-state index contributed by atoms with van der Waals surface area (Å²) in [7, 11) is 3.75. The van der Waals surface area contributed by atoms with Crippen molar-refractivity contribution in [1.82, 2.24) is 19.7 Å². The van der Waals surface area contributed by atoms with Gasteiger partial charge in [-0.2, -0.15) is 0 Å². The first-order valence-electron chi connectivity index (χ1n) is 20.4. The smallest absolute Gasteiger partial charge is 0.405 e. The van der Waals surface area contributed by atoms with E-state index in [-0.39, 0.29) is 17.7 Å². The van der Waals surface area contributed by atoms with Crippen LogP contribution in [0.15, 0.2) is 109 Å². The van der Waals surface area contributed by atoms with Crippen LogP contribution in [0.1, 0.15) is 63.6 Å². The van der Waals surface area contributed by atoms with Crippen LogP contribution in [0.2, 0.25) is 0 Å². The summed E-state index contributed by atoms with van der Waals surface area (Å²) in [4.78, 5) is 76.6. The lowest BCUT2D eigenvalue weighted by Gasteiger charge is -2.45. The van der Waals surface area contributed by atoms with Crippen LogP contribution in [0.25, 0.3) is 22.2 Å². The Morgan fingerprint density at radius 3 is 1.92 bits per heavy atom. The minimum atomic E-state index is -1.76. The van der Waals surface area contributed by atoms with Gasteiger partial charge in [0, 0.05) is 52.0 Å². The predicted molar refractivity (Wildman–Crippen MR) is 232 cm³/mol. The Balaban J connectivity index is 1.02. The number of likely N-dealkylation sites (tertiary alicyclic amines) is 2. The molecular weight excluding hydrogens is 759 g/mol. The van der Waals surface area contributed by atoms with Crippen LogP contribution in [0.5, 0.6) is 0 Å². The number of ether oxygens (including phenoxy) is 1. The van der Waals surface area contributed by atoms with E-state index in [0.29, 0.717) is 49.3 Å². The van der Waals surface area contributed by atoms with Crippen LogP contribution in [-0.2, 0) is 29.5 Å². The molecule has 0 radical (unpaired) electrons. The van der Waals surface area contributed by atoms with Gasteiger partial charge in [0.15, 0.2) is 0 Å². The molecular formula is C47H53N7O6. The maximum absolute atomic E-state index is 14.5. The van der Waals surface area contributed by atoms with Crippen molar-refractivity contribution in [3.05, 3.63) is 120 Å². The van der Waals surface area contributed by atoms with Crippen molar-refractivity contribution in [2.75, 3.05) is 37.8 Å². The predicted octanol–water partition coefficient (Wildman–Crippen LogP) is 7.03. The average Bonchev–Trinajstić information content (AvgIpc) is 4.01. The number of rotatable bonds is 11. The summed E-state index contributed by atoms with van der Waals surface area (Å²) in [5.74, 6) is -1.15. The molecule has 4 atom stereocenters. The Kier molecular flexibility index (Phi) is 11.8. The SMILES string of the molecule is CN(C)C(C(=O)N1CCCC1C(=O)Nc1ccc2[nH]c(-c3ccc(NC(=O)[C@@H]4CCCN4C(=O)[C@](OC(N)=O)(c4ccccc4)C(C)(C)C)cc3)cc2c1)c1ccccc1. The van der Waals surface area contributed by atoms with E-state index in [1.54, 1.807) is 62.1 Å². The second kappa shape index (κ2) is 17.0. The number of aromatic amines is 1. The maximum Gasteiger partial charge on any atom is 0.405 e. The van der Waals surface area contributed by atoms with E-state index < -0.39 is 41.1 Å². The van der Waals surface area contributed by atoms with E-state index in [0.717, 1.165) is 34.1 Å². The topological polar surface area (TPSA) is 170 Å². The normalized spacial score (nSPS) is 18.2. The number of nitrogens with zero attached hydrogens (tertiary/aromatic N) is 3. The summed E-state index contributed by atoms with van der Waals surface area (Å²) < 4.78 is 5.75. The zero-order valence-electron chi connectivity index (χ0n) is 34.7. The molecule has 13 nitrogen and oxygen atoms in total. The van der Waals surface area contributed by atoms with Gasteiger partial charge >= 0.3 is 6.09 Å². The molecule has 1 aromatic heterocycles. The molecule has 0 aliphatic carbocycles. The summed E-state index contributed by atoms with van der Waals surface area (Å²) in [5, 5.41) is 6.93. The number of primary amides is 1. The van der Waals surface area contributed by atoms with Crippen LogP contribution < -0.4 is 16.4 Å². The largest absolute Gasteiger partial charge is 0.427 e. The number of aromatic nitrogens is 1. The summed E-state index contributed by atoms with van der Waals surface area (Å²) in [6.07, 6.45) is 1.31. The zero-order chi connectivity index (χ0) is 42.8. The molecule has 3 heterocycles. The molecule has 2 aliphatic heterocycles. The number of nitrogens with two attached hydrogens (primary N) is 1. The van der Waals surface area contributed by atoms with Crippen molar-refractivity contribution in [3.8, 4) is 11.3 Å². The molecule has 4 aromatic carbocycles. The second-order valence-corrected chi connectivity index (χ2v) is 16.9. The number of amides is 5. The molecule has 7 rings (SSSR count). The number of hydrogen-bond acceptors (Lipinski definition) is 7. The second-order valence-electron chi connectivity index (χ2n) is 16.9. The van der Waals surface area contributed by atoms with E-state index in [9.17, 15) is 24.0 Å². The number of hydrogen-bond donors (Lipinski definition) is 4. The standard InChI is InChI=1S/C47H53N7O6/c1-46(2,3)47(60-45(48)59,33-16-10-7-11-17-33)44(58)54-27-13-19-39(54)42(56)49-34-22-20-30(21-23-34)37-29-32-28-35(24-25-36(32)51-37)50-41(55)38-18-12-26-53(38)43(57)40(52(4)5)31-14-8-6-9-15-31/h6-11,14-17,20-25,28-29,38-40,51H,12-13,18-19,26-27H2,1-5H3,(H2,48,59)(H,49,56)(H,50,55)/t38?,39-,40?,47+/m0/s1. The van der Waals surface area contributed by atoms with Crippen LogP contribution >= 0.6 is 0 Å². The molecule has 2 saturated heterocycles. The molecule has 2 aliphatic rings. The van der Waals surface area contributed by atoms with E-state index in [1.165, 1.54) is 4.90 Å². The Morgan fingerprint density at radius 2 is 1.32 bits per heavy atom. The third-order valence-corrected chi connectivity index (χ3v) is 11.7. The summed E-state index contributed by atoms with van der Waals surface area (Å²) >= 11 is 0. The Bertz CT molecular complexity index is 2370. The van der Waals surface area contributed by atoms with Crippen LogP contribution in [0.4, 0.5) is 16.2 Å². The fourth-order valence-corrected chi connectivity index (χ4v) is 8.75. The van der Waals surface area contributed by atoms with Crippen molar-refractivity contribution >= 4 is 52.0 Å². The third-order valence-electron chi connectivity index (χ3n) is 11.7. The third kappa shape index (κ3) is 8.22. The molecule has 2 fully saturated rings. The highest BCUT2D eigenvalue weighted by molar-refractivity contribution is 6.01. The molecule has 0 saturated carbocycles. The van der Waals surface area contributed by atoms with E-state index in [4.69, 9.17) is 10.5 Å². The van der Waals surface area contributed by atoms with Gasteiger partial charge in [-0.3, -0.25) is 24.1 Å². The van der Waals surface area contributed by atoms with Crippen LogP contribution in [0, 0.1) is 5.41 Å². The molecule has 0 spiro atoms. The highest BCUT2D eigenvalue weighted by Crippen LogP contribution is 2.45.